The maximum absolute atomic E-state index is 5.90. The molecule has 0 saturated carbocycles. The van der Waals surface area contributed by atoms with Crippen molar-refractivity contribution in [1.82, 2.24) is 5.32 Å². The van der Waals surface area contributed by atoms with Crippen LogP contribution in [0, 0.1) is 0 Å². The van der Waals surface area contributed by atoms with Crippen molar-refractivity contribution in [3.05, 3.63) is 24.3 Å². The fourth-order valence-electron chi connectivity index (χ4n) is 2.09. The molecule has 3 heteroatoms. The summed E-state index contributed by atoms with van der Waals surface area (Å²) in [5.41, 5.74) is 6.81. The van der Waals surface area contributed by atoms with Crippen LogP contribution >= 0.6 is 11.8 Å². The Hall–Kier alpha value is -0.670. The first-order chi connectivity index (χ1) is 7.86. The fourth-order valence-corrected chi connectivity index (χ4v) is 3.13. The van der Waals surface area contributed by atoms with Gasteiger partial charge in [-0.1, -0.05) is 18.6 Å². The molecule has 0 amide bonds. The Morgan fingerprint density at radius 1 is 1.31 bits per heavy atom. The lowest BCUT2D eigenvalue weighted by Gasteiger charge is -2.23. The number of rotatable bonds is 4. The van der Waals surface area contributed by atoms with E-state index in [0.29, 0.717) is 0 Å². The summed E-state index contributed by atoms with van der Waals surface area (Å²) in [6, 6.07) is 8.85. The molecular formula is C13H20N2S. The van der Waals surface area contributed by atoms with Crippen LogP contribution in [0.1, 0.15) is 25.7 Å². The second-order valence-electron chi connectivity index (χ2n) is 4.32. The van der Waals surface area contributed by atoms with Gasteiger partial charge in [-0.3, -0.25) is 0 Å². The summed E-state index contributed by atoms with van der Waals surface area (Å²) in [6.45, 7) is 1.20. The molecule has 1 saturated heterocycles. The van der Waals surface area contributed by atoms with Crippen LogP contribution in [0.3, 0.4) is 0 Å². The number of nitrogens with two attached hydrogens (primary N) is 1. The van der Waals surface area contributed by atoms with Gasteiger partial charge in [-0.15, -0.1) is 11.8 Å². The van der Waals surface area contributed by atoms with Crippen LogP contribution in [-0.4, -0.2) is 18.3 Å². The zero-order valence-corrected chi connectivity index (χ0v) is 10.4. The van der Waals surface area contributed by atoms with Crippen molar-refractivity contribution in [2.24, 2.45) is 0 Å². The minimum Gasteiger partial charge on any atom is -0.398 e. The van der Waals surface area contributed by atoms with Crippen molar-refractivity contribution in [3.63, 3.8) is 0 Å². The van der Waals surface area contributed by atoms with Gasteiger partial charge < -0.3 is 11.1 Å². The highest BCUT2D eigenvalue weighted by Gasteiger charge is 2.11. The Morgan fingerprint density at radius 3 is 2.94 bits per heavy atom. The SMILES string of the molecule is Nc1ccccc1SCCC1CCCCN1. The Bertz CT molecular complexity index is 321. The van der Waals surface area contributed by atoms with E-state index in [2.05, 4.69) is 17.4 Å². The van der Waals surface area contributed by atoms with Crippen LogP contribution in [0.2, 0.25) is 0 Å². The van der Waals surface area contributed by atoms with E-state index >= 15 is 0 Å². The van der Waals surface area contributed by atoms with E-state index in [1.54, 1.807) is 0 Å². The number of hydrogen-bond donors (Lipinski definition) is 2. The van der Waals surface area contributed by atoms with Gasteiger partial charge in [0.15, 0.2) is 0 Å². The van der Waals surface area contributed by atoms with Crippen molar-refractivity contribution in [1.29, 1.82) is 0 Å². The van der Waals surface area contributed by atoms with Crippen LogP contribution < -0.4 is 11.1 Å². The van der Waals surface area contributed by atoms with Crippen molar-refractivity contribution in [2.45, 2.75) is 36.6 Å². The molecule has 0 spiro atoms. The third kappa shape index (κ3) is 3.42. The summed E-state index contributed by atoms with van der Waals surface area (Å²) in [5, 5.41) is 3.58. The number of benzene rings is 1. The van der Waals surface area contributed by atoms with Gasteiger partial charge in [-0.05, 0) is 43.7 Å². The molecule has 16 heavy (non-hydrogen) atoms. The van der Waals surface area contributed by atoms with Crippen LogP contribution in [0.5, 0.6) is 0 Å². The normalized spacial score (nSPS) is 20.9. The Labute approximate surface area is 102 Å². The van der Waals surface area contributed by atoms with E-state index < -0.39 is 0 Å². The van der Waals surface area contributed by atoms with Gasteiger partial charge in [0.25, 0.3) is 0 Å². The average Bonchev–Trinajstić information content (AvgIpc) is 2.33. The van der Waals surface area contributed by atoms with Crippen molar-refractivity contribution < 1.29 is 0 Å². The van der Waals surface area contributed by atoms with Gasteiger partial charge in [-0.2, -0.15) is 0 Å². The summed E-state index contributed by atoms with van der Waals surface area (Å²) < 4.78 is 0. The summed E-state index contributed by atoms with van der Waals surface area (Å²) in [4.78, 5) is 1.22. The van der Waals surface area contributed by atoms with Gasteiger partial charge in [0, 0.05) is 16.6 Å². The summed E-state index contributed by atoms with van der Waals surface area (Å²) in [7, 11) is 0. The molecule has 0 aromatic heterocycles. The lowest BCUT2D eigenvalue weighted by Crippen LogP contribution is -2.34. The highest BCUT2D eigenvalue weighted by atomic mass is 32.2. The highest BCUT2D eigenvalue weighted by Crippen LogP contribution is 2.25. The molecule has 2 nitrogen and oxygen atoms in total. The summed E-state index contributed by atoms with van der Waals surface area (Å²) >= 11 is 1.88. The molecule has 0 bridgehead atoms. The fraction of sp³-hybridized carbons (Fsp3) is 0.538. The van der Waals surface area contributed by atoms with Crippen LogP contribution in [-0.2, 0) is 0 Å². The van der Waals surface area contributed by atoms with Crippen molar-refractivity contribution in [3.8, 4) is 0 Å². The number of para-hydroxylation sites is 1. The predicted octanol–water partition coefficient (Wildman–Crippen LogP) is 2.89. The van der Waals surface area contributed by atoms with Gasteiger partial charge in [0.2, 0.25) is 0 Å². The molecule has 1 heterocycles. The maximum Gasteiger partial charge on any atom is 0.0452 e. The molecule has 2 rings (SSSR count). The zero-order chi connectivity index (χ0) is 11.2. The molecular weight excluding hydrogens is 216 g/mol. The van der Waals surface area contributed by atoms with Gasteiger partial charge >= 0.3 is 0 Å². The van der Waals surface area contributed by atoms with Gasteiger partial charge in [-0.25, -0.2) is 0 Å². The van der Waals surface area contributed by atoms with Crippen molar-refractivity contribution in [2.75, 3.05) is 18.0 Å². The highest BCUT2D eigenvalue weighted by molar-refractivity contribution is 7.99. The molecule has 1 aliphatic heterocycles. The van der Waals surface area contributed by atoms with Crippen molar-refractivity contribution >= 4 is 17.4 Å². The number of anilines is 1. The topological polar surface area (TPSA) is 38.0 Å². The molecule has 1 atom stereocenters. The van der Waals surface area contributed by atoms with Crippen LogP contribution in [0.4, 0.5) is 5.69 Å². The lowest BCUT2D eigenvalue weighted by atomic mass is 10.0. The molecule has 1 aliphatic rings. The van der Waals surface area contributed by atoms with Gasteiger partial charge in [0.1, 0.15) is 0 Å². The Morgan fingerprint density at radius 2 is 2.19 bits per heavy atom. The third-order valence-electron chi connectivity index (χ3n) is 3.06. The molecule has 1 aromatic rings. The smallest absolute Gasteiger partial charge is 0.0452 e. The number of hydrogen-bond acceptors (Lipinski definition) is 3. The minimum atomic E-state index is 0.728. The van der Waals surface area contributed by atoms with E-state index in [9.17, 15) is 0 Å². The molecule has 88 valence electrons. The first kappa shape index (κ1) is 11.8. The van der Waals surface area contributed by atoms with Crippen LogP contribution in [0.25, 0.3) is 0 Å². The van der Waals surface area contributed by atoms with Gasteiger partial charge in [0.05, 0.1) is 0 Å². The largest absolute Gasteiger partial charge is 0.398 e. The van der Waals surface area contributed by atoms with E-state index in [1.165, 1.54) is 37.1 Å². The summed E-state index contributed by atoms with van der Waals surface area (Å²) in [6.07, 6.45) is 5.31. The second kappa shape index (κ2) is 6.16. The molecule has 3 N–H and O–H groups in total. The number of nitrogen functional groups attached to an aromatic ring is 1. The third-order valence-corrected chi connectivity index (χ3v) is 4.18. The number of piperidine rings is 1. The predicted molar refractivity (Wildman–Crippen MR) is 71.8 cm³/mol. The van der Waals surface area contributed by atoms with Crippen LogP contribution in [0.15, 0.2) is 29.2 Å². The summed E-state index contributed by atoms with van der Waals surface area (Å²) in [5.74, 6) is 1.16. The first-order valence-electron chi connectivity index (χ1n) is 6.07. The molecule has 1 aromatic carbocycles. The molecule has 0 aliphatic carbocycles. The minimum absolute atomic E-state index is 0.728. The second-order valence-corrected chi connectivity index (χ2v) is 5.46. The lowest BCUT2D eigenvalue weighted by molar-refractivity contribution is 0.395. The van der Waals surface area contributed by atoms with E-state index in [4.69, 9.17) is 5.73 Å². The van der Waals surface area contributed by atoms with E-state index in [1.807, 2.05) is 23.9 Å². The average molecular weight is 236 g/mol. The monoisotopic (exact) mass is 236 g/mol. The Balaban J connectivity index is 1.73. The first-order valence-corrected chi connectivity index (χ1v) is 7.05. The molecule has 1 unspecified atom stereocenters. The maximum atomic E-state index is 5.90. The quantitative estimate of drug-likeness (QED) is 0.623. The Kier molecular flexibility index (Phi) is 4.55. The molecule has 0 radical (unpaired) electrons. The number of thioether (sulfide) groups is 1. The zero-order valence-electron chi connectivity index (χ0n) is 9.61. The van der Waals surface area contributed by atoms with E-state index in [-0.39, 0.29) is 0 Å². The standard InChI is InChI=1S/C13H20N2S/c14-12-6-1-2-7-13(12)16-10-8-11-5-3-4-9-15-11/h1-2,6-7,11,15H,3-5,8-10,14H2. The molecule has 1 fully saturated rings. The number of nitrogens with one attached hydrogen (secondary N) is 1. The van der Waals surface area contributed by atoms with E-state index in [0.717, 1.165) is 17.5 Å².